The third-order valence-electron chi connectivity index (χ3n) is 2.20. The Morgan fingerprint density at radius 1 is 1.41 bits per heavy atom. The molecule has 7 heteroatoms. The second kappa shape index (κ2) is 6.58. The first-order valence-electron chi connectivity index (χ1n) is 5.14. The molecule has 3 nitrogen and oxygen atoms in total. The molecule has 1 amide bonds. The first-order chi connectivity index (χ1) is 7.54. The highest BCUT2D eigenvalue weighted by Crippen LogP contribution is 2.17. The highest BCUT2D eigenvalue weighted by molar-refractivity contribution is 9.09. The number of halogens is 4. The Hall–Kier alpha value is -0.300. The lowest BCUT2D eigenvalue weighted by Crippen LogP contribution is -2.49. The topological polar surface area (TPSA) is 38.3 Å². The summed E-state index contributed by atoms with van der Waals surface area (Å²) in [6.45, 7) is 3.96. The Morgan fingerprint density at radius 2 is 1.94 bits per heavy atom. The number of carbonyl (C=O) groups is 1. The molecule has 0 aromatic rings. The van der Waals surface area contributed by atoms with Crippen molar-refractivity contribution in [2.75, 3.05) is 13.2 Å². The third kappa shape index (κ3) is 8.43. The zero-order valence-electron chi connectivity index (χ0n) is 10.0. The van der Waals surface area contributed by atoms with Crippen LogP contribution in [0.15, 0.2) is 0 Å². The van der Waals surface area contributed by atoms with Crippen LogP contribution in [0.4, 0.5) is 13.2 Å². The van der Waals surface area contributed by atoms with Crippen LogP contribution in [0.3, 0.4) is 0 Å². The van der Waals surface area contributed by atoms with Gasteiger partial charge in [-0.25, -0.2) is 0 Å². The summed E-state index contributed by atoms with van der Waals surface area (Å²) in [5, 5.41) is 2.71. The van der Waals surface area contributed by atoms with E-state index in [1.165, 1.54) is 0 Å². The lowest BCUT2D eigenvalue weighted by molar-refractivity contribution is -0.174. The SMILES string of the molecule is CC(Br)C(C)(C)NC(=O)CCOCC(F)(F)F. The van der Waals surface area contributed by atoms with E-state index >= 15 is 0 Å². The van der Waals surface area contributed by atoms with E-state index in [0.29, 0.717) is 0 Å². The summed E-state index contributed by atoms with van der Waals surface area (Å²) in [5.41, 5.74) is -0.457. The molecular formula is C10H17BrF3NO2. The molecule has 0 spiro atoms. The van der Waals surface area contributed by atoms with E-state index in [1.54, 1.807) is 0 Å². The van der Waals surface area contributed by atoms with Crippen molar-refractivity contribution in [3.63, 3.8) is 0 Å². The lowest BCUT2D eigenvalue weighted by atomic mass is 10.0. The Labute approximate surface area is 107 Å². The van der Waals surface area contributed by atoms with Crippen molar-refractivity contribution in [3.8, 4) is 0 Å². The smallest absolute Gasteiger partial charge is 0.372 e. The van der Waals surface area contributed by atoms with Crippen molar-refractivity contribution in [3.05, 3.63) is 0 Å². The van der Waals surface area contributed by atoms with Crippen molar-refractivity contribution in [2.24, 2.45) is 0 Å². The van der Waals surface area contributed by atoms with Gasteiger partial charge in [0.05, 0.1) is 6.61 Å². The standard InChI is InChI=1S/C10H17BrF3NO2/c1-7(11)9(2,3)15-8(16)4-5-17-6-10(12,13)14/h7H,4-6H2,1-3H3,(H,15,16). The molecule has 1 unspecified atom stereocenters. The average molecular weight is 320 g/mol. The summed E-state index contributed by atoms with van der Waals surface area (Å²) >= 11 is 3.34. The number of hydrogen-bond acceptors (Lipinski definition) is 2. The van der Waals surface area contributed by atoms with Gasteiger partial charge in [-0.15, -0.1) is 0 Å². The monoisotopic (exact) mass is 319 g/mol. The molecule has 1 N–H and O–H groups in total. The number of ether oxygens (including phenoxy) is 1. The summed E-state index contributed by atoms with van der Waals surface area (Å²) in [4.78, 5) is 11.4. The van der Waals surface area contributed by atoms with Crippen LogP contribution in [-0.2, 0) is 9.53 Å². The van der Waals surface area contributed by atoms with E-state index in [1.807, 2.05) is 20.8 Å². The molecule has 1 atom stereocenters. The molecule has 17 heavy (non-hydrogen) atoms. The minimum absolute atomic E-state index is 0.0510. The van der Waals surface area contributed by atoms with E-state index in [4.69, 9.17) is 0 Å². The van der Waals surface area contributed by atoms with Crippen molar-refractivity contribution in [2.45, 2.75) is 43.7 Å². The molecule has 0 aliphatic heterocycles. The van der Waals surface area contributed by atoms with E-state index in [-0.39, 0.29) is 23.8 Å². The molecule has 0 heterocycles. The zero-order chi connectivity index (χ0) is 13.7. The Kier molecular flexibility index (Phi) is 6.47. The summed E-state index contributed by atoms with van der Waals surface area (Å²) in [7, 11) is 0. The maximum Gasteiger partial charge on any atom is 0.411 e. The highest BCUT2D eigenvalue weighted by atomic mass is 79.9. The van der Waals surface area contributed by atoms with Crippen LogP contribution >= 0.6 is 15.9 Å². The number of amides is 1. The highest BCUT2D eigenvalue weighted by Gasteiger charge is 2.28. The molecule has 0 aromatic heterocycles. The van der Waals surface area contributed by atoms with E-state index in [2.05, 4.69) is 26.0 Å². The third-order valence-corrected chi connectivity index (χ3v) is 3.34. The Balaban J connectivity index is 3.82. The maximum absolute atomic E-state index is 11.7. The molecule has 0 bridgehead atoms. The van der Waals surface area contributed by atoms with Gasteiger partial charge in [0, 0.05) is 16.8 Å². The van der Waals surface area contributed by atoms with Crippen LogP contribution in [-0.4, -0.2) is 35.7 Å². The van der Waals surface area contributed by atoms with Gasteiger partial charge in [-0.3, -0.25) is 4.79 Å². The molecule has 0 fully saturated rings. The summed E-state index contributed by atoms with van der Waals surface area (Å²) in [6.07, 6.45) is -4.43. The quantitative estimate of drug-likeness (QED) is 0.603. The largest absolute Gasteiger partial charge is 0.411 e. The average Bonchev–Trinajstić information content (AvgIpc) is 2.10. The van der Waals surface area contributed by atoms with E-state index < -0.39 is 18.3 Å². The van der Waals surface area contributed by atoms with Crippen molar-refractivity contribution < 1.29 is 22.7 Å². The van der Waals surface area contributed by atoms with E-state index in [0.717, 1.165) is 0 Å². The number of nitrogens with one attached hydrogen (secondary N) is 1. The summed E-state index contributed by atoms with van der Waals surface area (Å²) < 4.78 is 39.5. The fourth-order valence-corrected chi connectivity index (χ4v) is 0.989. The molecule has 0 aromatic carbocycles. The van der Waals surface area contributed by atoms with Gasteiger partial charge in [0.25, 0.3) is 0 Å². The van der Waals surface area contributed by atoms with Gasteiger partial charge in [0.15, 0.2) is 0 Å². The van der Waals surface area contributed by atoms with Crippen LogP contribution in [0, 0.1) is 0 Å². The fraction of sp³-hybridized carbons (Fsp3) is 0.900. The minimum Gasteiger partial charge on any atom is -0.372 e. The molecule has 0 radical (unpaired) electrons. The number of alkyl halides is 4. The van der Waals surface area contributed by atoms with Crippen LogP contribution in [0.1, 0.15) is 27.2 Å². The zero-order valence-corrected chi connectivity index (χ0v) is 11.6. The first kappa shape index (κ1) is 16.7. The van der Waals surface area contributed by atoms with Crippen molar-refractivity contribution in [1.82, 2.24) is 5.32 Å². The van der Waals surface area contributed by atoms with Crippen molar-refractivity contribution >= 4 is 21.8 Å². The van der Waals surface area contributed by atoms with Crippen LogP contribution < -0.4 is 5.32 Å². The molecule has 0 rings (SSSR count). The van der Waals surface area contributed by atoms with Crippen molar-refractivity contribution in [1.29, 1.82) is 0 Å². The Morgan fingerprint density at radius 3 is 2.35 bits per heavy atom. The number of carbonyl (C=O) groups excluding carboxylic acids is 1. The second-order valence-electron chi connectivity index (χ2n) is 4.30. The number of rotatable bonds is 6. The summed E-state index contributed by atoms with van der Waals surface area (Å²) in [6, 6.07) is 0. The lowest BCUT2D eigenvalue weighted by Gasteiger charge is -2.29. The normalized spacial score (nSPS) is 14.5. The molecule has 0 aliphatic carbocycles. The Bertz CT molecular complexity index is 254. The number of hydrogen-bond donors (Lipinski definition) is 1. The summed E-state index contributed by atoms with van der Waals surface area (Å²) in [5.74, 6) is -0.330. The van der Waals surface area contributed by atoms with Gasteiger partial charge in [-0.2, -0.15) is 13.2 Å². The van der Waals surface area contributed by atoms with Gasteiger partial charge in [-0.1, -0.05) is 22.9 Å². The van der Waals surface area contributed by atoms with Gasteiger partial charge in [0.1, 0.15) is 6.61 Å². The maximum atomic E-state index is 11.7. The molecular weight excluding hydrogens is 303 g/mol. The van der Waals surface area contributed by atoms with Gasteiger partial charge in [0.2, 0.25) is 5.91 Å². The first-order valence-corrected chi connectivity index (χ1v) is 6.06. The molecule has 0 saturated carbocycles. The molecule has 102 valence electrons. The van der Waals surface area contributed by atoms with Crippen LogP contribution in [0.2, 0.25) is 0 Å². The van der Waals surface area contributed by atoms with E-state index in [9.17, 15) is 18.0 Å². The molecule has 0 aliphatic rings. The van der Waals surface area contributed by atoms with Crippen LogP contribution in [0.5, 0.6) is 0 Å². The predicted molar refractivity (Wildman–Crippen MR) is 62.1 cm³/mol. The predicted octanol–water partition coefficient (Wildman–Crippen LogP) is 2.63. The second-order valence-corrected chi connectivity index (χ2v) is 5.68. The fourth-order valence-electron chi connectivity index (χ4n) is 0.874. The molecule has 0 saturated heterocycles. The van der Waals surface area contributed by atoms with Crippen LogP contribution in [0.25, 0.3) is 0 Å². The minimum atomic E-state index is -4.35. The van der Waals surface area contributed by atoms with Gasteiger partial charge >= 0.3 is 6.18 Å². The van der Waals surface area contributed by atoms with Gasteiger partial charge in [-0.05, 0) is 13.8 Å². The van der Waals surface area contributed by atoms with Gasteiger partial charge < -0.3 is 10.1 Å².